The minimum absolute atomic E-state index is 0.0652. The van der Waals surface area contributed by atoms with Crippen molar-refractivity contribution in [1.29, 1.82) is 0 Å². The third-order valence-corrected chi connectivity index (χ3v) is 12.5. The number of esters is 2. The van der Waals surface area contributed by atoms with Gasteiger partial charge in [0.1, 0.15) is 30.7 Å². The number of carbonyl (C=O) groups excluding carboxylic acids is 3. The maximum atomic E-state index is 13.4. The lowest BCUT2D eigenvalue weighted by molar-refractivity contribution is -0.155. The highest BCUT2D eigenvalue weighted by Gasteiger charge is 2.80. The number of aliphatic hydroxyl groups is 1. The molecule has 3 saturated carbocycles. The van der Waals surface area contributed by atoms with Crippen LogP contribution < -0.4 is 0 Å². The first-order chi connectivity index (χ1) is 19.5. The van der Waals surface area contributed by atoms with Crippen LogP contribution in [0.3, 0.4) is 0 Å². The van der Waals surface area contributed by atoms with Gasteiger partial charge in [-0.3, -0.25) is 4.79 Å². The molecule has 0 bridgehead atoms. The van der Waals surface area contributed by atoms with Crippen LogP contribution in [0.5, 0.6) is 0 Å². The van der Waals surface area contributed by atoms with Crippen molar-refractivity contribution < 1.29 is 38.1 Å². The normalized spacial score (nSPS) is 45.2. The topological polar surface area (TPSA) is 116 Å². The Bertz CT molecular complexity index is 1340. The summed E-state index contributed by atoms with van der Waals surface area (Å²) in [5.74, 6) is 0.787. The molecule has 4 fully saturated rings. The number of hydrogen-bond acceptors (Lipinski definition) is 8. The van der Waals surface area contributed by atoms with Crippen LogP contribution in [0, 0.1) is 40.4 Å². The fourth-order valence-corrected chi connectivity index (χ4v) is 10.3. The first-order valence-electron chi connectivity index (χ1n) is 15.2. The van der Waals surface area contributed by atoms with Gasteiger partial charge in [-0.05, 0) is 99.2 Å². The van der Waals surface area contributed by atoms with Crippen LogP contribution in [0.4, 0.5) is 0 Å². The smallest absolute Gasteiger partial charge is 0.341 e. The molecule has 11 atom stereocenters. The number of cyclic esters (lactones) is 1. The van der Waals surface area contributed by atoms with E-state index in [1.807, 2.05) is 6.92 Å². The lowest BCUT2D eigenvalue weighted by Gasteiger charge is -2.58. The summed E-state index contributed by atoms with van der Waals surface area (Å²) < 4.78 is 22.6. The number of furan rings is 1. The Balaban J connectivity index is 1.07. The van der Waals surface area contributed by atoms with Gasteiger partial charge in [-0.25, -0.2) is 9.59 Å². The van der Waals surface area contributed by atoms with Gasteiger partial charge in [0, 0.05) is 6.42 Å². The van der Waals surface area contributed by atoms with E-state index in [2.05, 4.69) is 20.8 Å². The van der Waals surface area contributed by atoms with Gasteiger partial charge in [0.2, 0.25) is 0 Å². The van der Waals surface area contributed by atoms with Crippen LogP contribution in [-0.4, -0.2) is 53.3 Å². The number of carbonyl (C=O) groups is 3. The average Bonchev–Trinajstić information content (AvgIpc) is 3.26. The molecule has 7 rings (SSSR count). The maximum Gasteiger partial charge on any atom is 0.341 e. The second kappa shape index (κ2) is 9.14. The van der Waals surface area contributed by atoms with Gasteiger partial charge in [0.15, 0.2) is 5.78 Å². The molecule has 0 amide bonds. The number of allylic oxidation sites excluding steroid dienone is 1. The summed E-state index contributed by atoms with van der Waals surface area (Å²) in [7, 11) is 0. The van der Waals surface area contributed by atoms with E-state index in [1.165, 1.54) is 18.6 Å². The lowest BCUT2D eigenvalue weighted by Crippen LogP contribution is -2.63. The van der Waals surface area contributed by atoms with E-state index in [1.54, 1.807) is 12.2 Å². The molecule has 3 heterocycles. The molecule has 4 aliphatic carbocycles. The summed E-state index contributed by atoms with van der Waals surface area (Å²) in [6, 6.07) is 1.53. The molecule has 1 spiro atoms. The molecule has 0 aromatic carbocycles. The first-order valence-corrected chi connectivity index (χ1v) is 15.2. The molecule has 2 aliphatic heterocycles. The number of fused-ring (bicyclic) bond motifs is 4. The number of aliphatic hydroxyl groups excluding tert-OH is 1. The number of hydrogen-bond donors (Lipinski definition) is 1. The Morgan fingerprint density at radius 3 is 2.73 bits per heavy atom. The summed E-state index contributed by atoms with van der Waals surface area (Å²) in [6.45, 7) is 8.51. The second-order valence-electron chi connectivity index (χ2n) is 14.0. The molecule has 0 unspecified atom stereocenters. The minimum Gasteiger partial charge on any atom is -0.472 e. The van der Waals surface area contributed by atoms with Crippen molar-refractivity contribution in [1.82, 2.24) is 0 Å². The number of ketones is 1. The van der Waals surface area contributed by atoms with Gasteiger partial charge >= 0.3 is 11.9 Å². The van der Waals surface area contributed by atoms with Gasteiger partial charge in [-0.2, -0.15) is 0 Å². The zero-order valence-corrected chi connectivity index (χ0v) is 24.3. The van der Waals surface area contributed by atoms with Crippen molar-refractivity contribution in [3.63, 3.8) is 0 Å². The standard InChI is InChI=1S/C33H40O8/c1-17-13-25(40-30(37)21(17)16-39-29(36)19-10-12-38-15-19)18(2)22-5-6-23-20-14-28-33(41-28)27(35)8-7-26(34)32(33,4)24(20)9-11-31(22,23)3/h7-8,10,12,15,18,20,22-25,27-28,35H,5-6,9,11,13-14,16H2,1-4H3/t18-,20-,22+,23-,24-,25+,27-,28+,31+,32-,33+/m0/s1. The minimum atomic E-state index is -0.746. The lowest BCUT2D eigenvalue weighted by atomic mass is 9.44. The molecule has 1 aromatic heterocycles. The van der Waals surface area contributed by atoms with E-state index in [9.17, 15) is 19.5 Å². The predicted molar refractivity (Wildman–Crippen MR) is 146 cm³/mol. The van der Waals surface area contributed by atoms with Crippen molar-refractivity contribution in [2.75, 3.05) is 6.61 Å². The molecular formula is C33H40O8. The molecule has 8 heteroatoms. The molecule has 1 aromatic rings. The third-order valence-electron chi connectivity index (χ3n) is 12.5. The van der Waals surface area contributed by atoms with Crippen molar-refractivity contribution in [2.45, 2.75) is 90.1 Å². The molecule has 1 saturated heterocycles. The zero-order chi connectivity index (χ0) is 28.9. The molecule has 220 valence electrons. The quantitative estimate of drug-likeness (QED) is 0.400. The summed E-state index contributed by atoms with van der Waals surface area (Å²) in [4.78, 5) is 38.7. The predicted octanol–water partition coefficient (Wildman–Crippen LogP) is 4.81. The van der Waals surface area contributed by atoms with Crippen LogP contribution in [0.15, 0.2) is 46.3 Å². The fourth-order valence-electron chi connectivity index (χ4n) is 10.3. The van der Waals surface area contributed by atoms with Crippen LogP contribution in [0.25, 0.3) is 0 Å². The summed E-state index contributed by atoms with van der Waals surface area (Å²) in [6.07, 6.45) is 10.6. The Hall–Kier alpha value is -2.71. The Kier molecular flexibility index (Phi) is 6.05. The highest BCUT2D eigenvalue weighted by atomic mass is 16.6. The number of ether oxygens (including phenoxy) is 3. The van der Waals surface area contributed by atoms with Crippen molar-refractivity contribution in [3.8, 4) is 0 Å². The van der Waals surface area contributed by atoms with Crippen molar-refractivity contribution >= 4 is 17.7 Å². The summed E-state index contributed by atoms with van der Waals surface area (Å²) >= 11 is 0. The molecular weight excluding hydrogens is 524 g/mol. The third kappa shape index (κ3) is 3.62. The number of rotatable bonds is 5. The van der Waals surface area contributed by atoms with E-state index in [0.29, 0.717) is 35.3 Å². The van der Waals surface area contributed by atoms with Crippen molar-refractivity contribution in [3.05, 3.63) is 47.5 Å². The second-order valence-corrected chi connectivity index (χ2v) is 14.0. The molecule has 0 radical (unpaired) electrons. The Morgan fingerprint density at radius 2 is 2.00 bits per heavy atom. The monoisotopic (exact) mass is 564 g/mol. The Morgan fingerprint density at radius 1 is 1.20 bits per heavy atom. The van der Waals surface area contributed by atoms with Gasteiger partial charge in [-0.1, -0.05) is 19.4 Å². The van der Waals surface area contributed by atoms with E-state index < -0.39 is 29.1 Å². The summed E-state index contributed by atoms with van der Waals surface area (Å²) in [5, 5.41) is 10.9. The number of epoxide rings is 1. The molecule has 41 heavy (non-hydrogen) atoms. The van der Waals surface area contributed by atoms with Gasteiger partial charge in [0.05, 0.1) is 28.9 Å². The van der Waals surface area contributed by atoms with Gasteiger partial charge < -0.3 is 23.7 Å². The zero-order valence-electron chi connectivity index (χ0n) is 24.3. The van der Waals surface area contributed by atoms with E-state index in [4.69, 9.17) is 18.6 Å². The van der Waals surface area contributed by atoms with Crippen molar-refractivity contribution in [2.24, 2.45) is 40.4 Å². The Labute approximate surface area is 240 Å². The maximum absolute atomic E-state index is 13.4. The molecule has 6 aliphatic rings. The van der Waals surface area contributed by atoms with Gasteiger partial charge in [-0.15, -0.1) is 0 Å². The van der Waals surface area contributed by atoms with Crippen LogP contribution in [-0.2, 0) is 23.8 Å². The molecule has 1 N–H and O–H groups in total. The first kappa shape index (κ1) is 27.1. The van der Waals surface area contributed by atoms with E-state index >= 15 is 0 Å². The van der Waals surface area contributed by atoms with Crippen LogP contribution >= 0.6 is 0 Å². The average molecular weight is 565 g/mol. The van der Waals surface area contributed by atoms with E-state index in [0.717, 1.165) is 37.7 Å². The van der Waals surface area contributed by atoms with Crippen LogP contribution in [0.2, 0.25) is 0 Å². The highest BCUT2D eigenvalue weighted by molar-refractivity contribution is 5.98. The highest BCUT2D eigenvalue weighted by Crippen LogP contribution is 2.73. The van der Waals surface area contributed by atoms with Gasteiger partial charge in [0.25, 0.3) is 0 Å². The van der Waals surface area contributed by atoms with Crippen LogP contribution in [0.1, 0.15) is 76.6 Å². The molecule has 8 nitrogen and oxygen atoms in total. The van der Waals surface area contributed by atoms with E-state index in [-0.39, 0.29) is 41.8 Å². The summed E-state index contributed by atoms with van der Waals surface area (Å²) in [5.41, 5.74) is 0.290. The largest absolute Gasteiger partial charge is 0.472 e. The SMILES string of the molecule is CC1=C(COC(=O)c2ccoc2)C(=O)O[C@@H]([C@@H](C)[C@H]2CC[C@H]3[C@@H]4C[C@H]5O[C@]56[C@@H](O)C=CC(=O)[C@]6(C)[C@H]4CC[C@]23C)C1. The fraction of sp³-hybridized carbons (Fsp3) is 0.667.